The van der Waals surface area contributed by atoms with Crippen LogP contribution in [0.2, 0.25) is 0 Å². The number of methoxy groups -OCH3 is 2. The first-order chi connectivity index (χ1) is 15.2. The van der Waals surface area contributed by atoms with E-state index in [0.717, 1.165) is 24.8 Å². The largest absolute Gasteiger partial charge is 0.497 e. The number of aryl methyl sites for hydroxylation is 1. The van der Waals surface area contributed by atoms with Crippen molar-refractivity contribution in [2.45, 2.75) is 57.0 Å². The molecular weight excluding hydrogens is 428 g/mol. The first kappa shape index (κ1) is 24.1. The van der Waals surface area contributed by atoms with E-state index in [4.69, 9.17) is 9.47 Å². The van der Waals surface area contributed by atoms with Gasteiger partial charge in [-0.15, -0.1) is 0 Å². The molecule has 2 unspecified atom stereocenters. The highest BCUT2D eigenvalue weighted by Crippen LogP contribution is 2.30. The fourth-order valence-electron chi connectivity index (χ4n) is 4.10. The first-order valence-corrected chi connectivity index (χ1v) is 12.3. The predicted molar refractivity (Wildman–Crippen MR) is 124 cm³/mol. The smallest absolute Gasteiger partial charge is 0.252 e. The number of ether oxygens (including phenoxy) is 2. The summed E-state index contributed by atoms with van der Waals surface area (Å²) >= 11 is 0. The van der Waals surface area contributed by atoms with Gasteiger partial charge in [0.05, 0.1) is 25.2 Å². The molecule has 0 saturated carbocycles. The Labute approximate surface area is 190 Å². The molecule has 1 heterocycles. The van der Waals surface area contributed by atoms with Crippen molar-refractivity contribution in [3.8, 4) is 11.5 Å². The van der Waals surface area contributed by atoms with Gasteiger partial charge in [0.15, 0.2) is 0 Å². The third-order valence-corrected chi connectivity index (χ3v) is 8.06. The third kappa shape index (κ3) is 4.91. The molecule has 8 heteroatoms. The van der Waals surface area contributed by atoms with Gasteiger partial charge in [0.2, 0.25) is 10.0 Å². The Morgan fingerprint density at radius 2 is 1.88 bits per heavy atom. The minimum atomic E-state index is -3.67. The zero-order valence-electron chi connectivity index (χ0n) is 19.3. The second-order valence-electron chi connectivity index (χ2n) is 8.24. The van der Waals surface area contributed by atoms with Crippen molar-refractivity contribution < 1.29 is 22.7 Å². The van der Waals surface area contributed by atoms with Crippen molar-refractivity contribution in [1.82, 2.24) is 9.62 Å². The third-order valence-electron chi connectivity index (χ3n) is 6.05. The van der Waals surface area contributed by atoms with Gasteiger partial charge in [-0.1, -0.05) is 12.5 Å². The van der Waals surface area contributed by atoms with E-state index in [-0.39, 0.29) is 22.9 Å². The Bertz CT molecular complexity index is 1080. The van der Waals surface area contributed by atoms with E-state index in [0.29, 0.717) is 29.2 Å². The zero-order chi connectivity index (χ0) is 23.5. The van der Waals surface area contributed by atoms with Crippen molar-refractivity contribution in [1.29, 1.82) is 0 Å². The topological polar surface area (TPSA) is 84.9 Å². The number of carbonyl (C=O) groups is 1. The van der Waals surface area contributed by atoms with Crippen LogP contribution in [0.4, 0.5) is 0 Å². The summed E-state index contributed by atoms with van der Waals surface area (Å²) in [6.07, 6.45) is 2.72. The molecule has 32 heavy (non-hydrogen) atoms. The molecule has 1 aliphatic heterocycles. The van der Waals surface area contributed by atoms with E-state index in [2.05, 4.69) is 5.32 Å². The SMILES string of the molecule is COc1ccc(OC)c(C(C)NC(=O)c2cc(S(=O)(=O)N3CCCCC3C)ccc2C)c1. The Morgan fingerprint density at radius 1 is 1.12 bits per heavy atom. The van der Waals surface area contributed by atoms with Crippen LogP contribution in [0.1, 0.15) is 60.6 Å². The van der Waals surface area contributed by atoms with Gasteiger partial charge in [-0.25, -0.2) is 8.42 Å². The lowest BCUT2D eigenvalue weighted by Gasteiger charge is -2.32. The standard InChI is InChI=1S/C24H32N2O5S/c1-16-9-11-20(32(28,29)26-13-7-6-8-17(26)2)15-21(16)24(27)25-18(3)22-14-19(30-4)10-12-23(22)31-5/h9-12,14-15,17-18H,6-8,13H2,1-5H3,(H,25,27). The van der Waals surface area contributed by atoms with E-state index < -0.39 is 10.0 Å². The maximum absolute atomic E-state index is 13.2. The Hall–Kier alpha value is -2.58. The Kier molecular flexibility index (Phi) is 7.46. The highest BCUT2D eigenvalue weighted by molar-refractivity contribution is 7.89. The second-order valence-corrected chi connectivity index (χ2v) is 10.1. The molecule has 3 rings (SSSR count). The van der Waals surface area contributed by atoms with Crippen LogP contribution in [0.25, 0.3) is 0 Å². The Morgan fingerprint density at radius 3 is 2.53 bits per heavy atom. The molecule has 1 N–H and O–H groups in total. The van der Waals surface area contributed by atoms with Crippen molar-refractivity contribution in [3.63, 3.8) is 0 Å². The number of rotatable bonds is 7. The van der Waals surface area contributed by atoms with Crippen LogP contribution in [0.5, 0.6) is 11.5 Å². The van der Waals surface area contributed by atoms with E-state index >= 15 is 0 Å². The van der Waals surface area contributed by atoms with Crippen LogP contribution in [-0.2, 0) is 10.0 Å². The lowest BCUT2D eigenvalue weighted by Crippen LogP contribution is -2.42. The lowest BCUT2D eigenvalue weighted by molar-refractivity contribution is 0.0938. The minimum Gasteiger partial charge on any atom is -0.497 e. The molecule has 1 saturated heterocycles. The fraction of sp³-hybridized carbons (Fsp3) is 0.458. The molecule has 0 aliphatic carbocycles. The number of nitrogens with zero attached hydrogens (tertiary/aromatic N) is 1. The lowest BCUT2D eigenvalue weighted by atomic mass is 10.0. The molecule has 0 radical (unpaired) electrons. The first-order valence-electron chi connectivity index (χ1n) is 10.8. The van der Waals surface area contributed by atoms with Gasteiger partial charge in [-0.05, 0) is 69.5 Å². The van der Waals surface area contributed by atoms with Crippen LogP contribution in [0, 0.1) is 6.92 Å². The maximum atomic E-state index is 13.2. The van der Waals surface area contributed by atoms with Gasteiger partial charge in [0.25, 0.3) is 5.91 Å². The summed E-state index contributed by atoms with van der Waals surface area (Å²) in [5, 5.41) is 2.96. The summed E-state index contributed by atoms with van der Waals surface area (Å²) in [5.41, 5.74) is 1.81. The summed E-state index contributed by atoms with van der Waals surface area (Å²) < 4.78 is 38.8. The molecule has 0 bridgehead atoms. The number of amides is 1. The quantitative estimate of drug-likeness (QED) is 0.673. The maximum Gasteiger partial charge on any atom is 0.252 e. The molecule has 2 atom stereocenters. The van der Waals surface area contributed by atoms with Gasteiger partial charge in [-0.2, -0.15) is 4.31 Å². The zero-order valence-corrected chi connectivity index (χ0v) is 20.2. The summed E-state index contributed by atoms with van der Waals surface area (Å²) in [4.78, 5) is 13.3. The highest BCUT2D eigenvalue weighted by atomic mass is 32.2. The van der Waals surface area contributed by atoms with E-state index in [1.165, 1.54) is 6.07 Å². The van der Waals surface area contributed by atoms with E-state index in [1.807, 2.05) is 19.9 Å². The van der Waals surface area contributed by atoms with Gasteiger partial charge in [0, 0.05) is 23.7 Å². The normalized spacial score (nSPS) is 18.1. The molecule has 0 spiro atoms. The minimum absolute atomic E-state index is 0.0483. The van der Waals surface area contributed by atoms with E-state index in [1.54, 1.807) is 49.7 Å². The monoisotopic (exact) mass is 460 g/mol. The predicted octanol–water partition coefficient (Wildman–Crippen LogP) is 4.07. The summed E-state index contributed by atoms with van der Waals surface area (Å²) in [5.74, 6) is 0.941. The van der Waals surface area contributed by atoms with Crippen LogP contribution in [0.15, 0.2) is 41.3 Å². The average Bonchev–Trinajstić information content (AvgIpc) is 2.78. The van der Waals surface area contributed by atoms with Crippen molar-refractivity contribution in [2.75, 3.05) is 20.8 Å². The van der Waals surface area contributed by atoms with Crippen LogP contribution >= 0.6 is 0 Å². The van der Waals surface area contributed by atoms with Gasteiger partial charge in [-0.3, -0.25) is 4.79 Å². The number of carbonyl (C=O) groups excluding carboxylic acids is 1. The number of nitrogens with one attached hydrogen (secondary N) is 1. The molecular formula is C24H32N2O5S. The number of benzene rings is 2. The summed E-state index contributed by atoms with van der Waals surface area (Å²) in [6.45, 7) is 6.08. The number of hydrogen-bond donors (Lipinski definition) is 1. The summed E-state index contributed by atoms with van der Waals surface area (Å²) in [6, 6.07) is 9.71. The highest BCUT2D eigenvalue weighted by Gasteiger charge is 2.31. The van der Waals surface area contributed by atoms with Gasteiger partial charge >= 0.3 is 0 Å². The van der Waals surface area contributed by atoms with Gasteiger partial charge in [0.1, 0.15) is 11.5 Å². The number of piperidine rings is 1. The fourth-order valence-corrected chi connectivity index (χ4v) is 5.83. The molecule has 0 aromatic heterocycles. The van der Waals surface area contributed by atoms with Crippen LogP contribution in [-0.4, -0.2) is 45.4 Å². The second kappa shape index (κ2) is 9.92. The molecule has 2 aromatic rings. The number of hydrogen-bond acceptors (Lipinski definition) is 5. The molecule has 1 fully saturated rings. The summed E-state index contributed by atoms with van der Waals surface area (Å²) in [7, 11) is -0.521. The molecule has 2 aromatic carbocycles. The van der Waals surface area contributed by atoms with Crippen molar-refractivity contribution in [3.05, 3.63) is 53.1 Å². The van der Waals surface area contributed by atoms with Gasteiger partial charge < -0.3 is 14.8 Å². The van der Waals surface area contributed by atoms with Crippen molar-refractivity contribution in [2.24, 2.45) is 0 Å². The Balaban J connectivity index is 1.88. The molecule has 1 aliphatic rings. The van der Waals surface area contributed by atoms with Crippen LogP contribution < -0.4 is 14.8 Å². The van der Waals surface area contributed by atoms with Crippen LogP contribution in [0.3, 0.4) is 0 Å². The van der Waals surface area contributed by atoms with E-state index in [9.17, 15) is 13.2 Å². The number of sulfonamides is 1. The molecule has 174 valence electrons. The molecule has 1 amide bonds. The molecule has 7 nitrogen and oxygen atoms in total. The average molecular weight is 461 g/mol. The van der Waals surface area contributed by atoms with Crippen molar-refractivity contribution >= 4 is 15.9 Å².